The van der Waals surface area contributed by atoms with Gasteiger partial charge in [-0.3, -0.25) is 0 Å². The third-order valence-electron chi connectivity index (χ3n) is 5.74. The van der Waals surface area contributed by atoms with Crippen LogP contribution in [0.5, 0.6) is 11.5 Å². The fourth-order valence-corrected chi connectivity index (χ4v) is 4.11. The van der Waals surface area contributed by atoms with Gasteiger partial charge in [-0.25, -0.2) is 4.99 Å². The molecule has 0 saturated heterocycles. The van der Waals surface area contributed by atoms with Crippen molar-refractivity contribution in [2.24, 2.45) is 16.1 Å². The summed E-state index contributed by atoms with van der Waals surface area (Å²) in [5.41, 5.74) is 7.15. The molecule has 0 bridgehead atoms. The molecule has 1 aliphatic heterocycles. The predicted molar refractivity (Wildman–Crippen MR) is 120 cm³/mol. The fraction of sp³-hybridized carbons (Fsp3) is 0.650. The van der Waals surface area contributed by atoms with E-state index in [0.717, 1.165) is 49.5 Å². The highest BCUT2D eigenvalue weighted by atomic mass is 127. The predicted octanol–water partition coefficient (Wildman–Crippen LogP) is 4.18. The second-order valence-electron chi connectivity index (χ2n) is 6.99. The van der Waals surface area contributed by atoms with Crippen molar-refractivity contribution >= 4 is 35.6 Å². The Bertz CT molecular complexity index is 649. The minimum Gasteiger partial charge on any atom is -0.490 e. The lowest BCUT2D eigenvalue weighted by molar-refractivity contribution is -0.126. The number of aliphatic imine (C=N–C) groups is 1. The summed E-state index contributed by atoms with van der Waals surface area (Å²) in [6.07, 6.45) is 4.18. The van der Waals surface area contributed by atoms with Gasteiger partial charge >= 0.3 is 0 Å². The first-order valence-electron chi connectivity index (χ1n) is 9.74. The zero-order valence-electron chi connectivity index (χ0n) is 16.5. The molecule has 3 rings (SSSR count). The molecule has 2 atom stereocenters. The lowest BCUT2D eigenvalue weighted by Crippen LogP contribution is -2.57. The van der Waals surface area contributed by atoms with Gasteiger partial charge in [0.2, 0.25) is 0 Å². The van der Waals surface area contributed by atoms with Crippen molar-refractivity contribution in [1.82, 2.24) is 0 Å². The van der Waals surface area contributed by atoms with Crippen LogP contribution in [0.4, 0.5) is 5.69 Å². The standard InChI is InChI=1S/C20H31N3O3.HI/c1-4-20(5-2)17(13-18(20)24-6-3)23-19(21)22-14-8-9-15-16(12-14)26-11-7-10-25-15;/h8-9,12,17-18H,4-7,10-11,13H2,1-3H3,(H3,21,22,23);1H. The molecule has 0 radical (unpaired) electrons. The second kappa shape index (κ2) is 9.82. The molecule has 2 aliphatic rings. The van der Waals surface area contributed by atoms with Crippen molar-refractivity contribution in [3.8, 4) is 11.5 Å². The molecule has 152 valence electrons. The van der Waals surface area contributed by atoms with Gasteiger partial charge in [0.05, 0.1) is 25.4 Å². The molecule has 1 saturated carbocycles. The van der Waals surface area contributed by atoms with Crippen LogP contribution in [0.25, 0.3) is 0 Å². The maximum absolute atomic E-state index is 6.20. The van der Waals surface area contributed by atoms with E-state index in [0.29, 0.717) is 19.2 Å². The molecule has 27 heavy (non-hydrogen) atoms. The number of nitrogens with two attached hydrogens (primary N) is 1. The summed E-state index contributed by atoms with van der Waals surface area (Å²) in [4.78, 5) is 4.77. The normalized spacial score (nSPS) is 23.6. The van der Waals surface area contributed by atoms with Gasteiger partial charge in [-0.15, -0.1) is 24.0 Å². The van der Waals surface area contributed by atoms with Crippen molar-refractivity contribution < 1.29 is 14.2 Å². The first-order valence-corrected chi connectivity index (χ1v) is 9.74. The molecular weight excluding hydrogens is 457 g/mol. The summed E-state index contributed by atoms with van der Waals surface area (Å²) < 4.78 is 17.3. The first kappa shape index (κ1) is 22.1. The van der Waals surface area contributed by atoms with E-state index in [-0.39, 0.29) is 41.5 Å². The highest BCUT2D eigenvalue weighted by Gasteiger charge is 2.53. The minimum atomic E-state index is 0. The molecule has 6 nitrogen and oxygen atoms in total. The van der Waals surface area contributed by atoms with Crippen LogP contribution in [0, 0.1) is 5.41 Å². The van der Waals surface area contributed by atoms with Gasteiger partial charge in [0, 0.05) is 30.2 Å². The number of ether oxygens (including phenoxy) is 3. The molecule has 1 fully saturated rings. The Balaban J connectivity index is 0.00000261. The number of guanidine groups is 1. The number of hydrogen-bond donors (Lipinski definition) is 2. The average molecular weight is 489 g/mol. The fourth-order valence-electron chi connectivity index (χ4n) is 4.11. The summed E-state index contributed by atoms with van der Waals surface area (Å²) >= 11 is 0. The van der Waals surface area contributed by atoms with E-state index >= 15 is 0 Å². The third kappa shape index (κ3) is 4.62. The van der Waals surface area contributed by atoms with Gasteiger partial charge in [0.1, 0.15) is 0 Å². The monoisotopic (exact) mass is 489 g/mol. The molecular formula is C20H32IN3O3. The van der Waals surface area contributed by atoms with Crippen LogP contribution in [-0.2, 0) is 4.74 Å². The van der Waals surface area contributed by atoms with Crippen molar-refractivity contribution in [1.29, 1.82) is 0 Å². The quantitative estimate of drug-likeness (QED) is 0.356. The Labute approximate surface area is 179 Å². The molecule has 1 heterocycles. The van der Waals surface area contributed by atoms with Crippen LogP contribution in [0.15, 0.2) is 23.2 Å². The molecule has 0 amide bonds. The summed E-state index contributed by atoms with van der Waals surface area (Å²) in [6.45, 7) is 8.56. The van der Waals surface area contributed by atoms with E-state index in [4.69, 9.17) is 24.9 Å². The molecule has 1 aromatic carbocycles. The number of anilines is 1. The van der Waals surface area contributed by atoms with E-state index in [9.17, 15) is 0 Å². The summed E-state index contributed by atoms with van der Waals surface area (Å²) in [7, 11) is 0. The van der Waals surface area contributed by atoms with Crippen LogP contribution in [0.2, 0.25) is 0 Å². The van der Waals surface area contributed by atoms with E-state index in [1.54, 1.807) is 0 Å². The number of benzene rings is 1. The molecule has 3 N–H and O–H groups in total. The molecule has 1 aliphatic carbocycles. The molecule has 1 aromatic rings. The number of fused-ring (bicyclic) bond motifs is 1. The zero-order chi connectivity index (χ0) is 18.6. The summed E-state index contributed by atoms with van der Waals surface area (Å²) in [5.74, 6) is 1.96. The maximum Gasteiger partial charge on any atom is 0.193 e. The Hall–Kier alpha value is -1.22. The summed E-state index contributed by atoms with van der Waals surface area (Å²) in [6, 6.07) is 5.96. The van der Waals surface area contributed by atoms with E-state index in [2.05, 4.69) is 19.2 Å². The largest absolute Gasteiger partial charge is 0.490 e. The van der Waals surface area contributed by atoms with Crippen molar-refractivity contribution in [2.45, 2.75) is 58.6 Å². The average Bonchev–Trinajstić information content (AvgIpc) is 2.87. The smallest absolute Gasteiger partial charge is 0.193 e. The molecule has 0 spiro atoms. The van der Waals surface area contributed by atoms with Crippen LogP contribution >= 0.6 is 24.0 Å². The Morgan fingerprint density at radius 3 is 2.59 bits per heavy atom. The van der Waals surface area contributed by atoms with E-state index in [1.807, 2.05) is 25.1 Å². The number of nitrogens with one attached hydrogen (secondary N) is 1. The number of halogens is 1. The Morgan fingerprint density at radius 2 is 1.93 bits per heavy atom. The van der Waals surface area contributed by atoms with E-state index in [1.165, 1.54) is 0 Å². The minimum absolute atomic E-state index is 0. The van der Waals surface area contributed by atoms with Gasteiger partial charge in [-0.1, -0.05) is 13.8 Å². The summed E-state index contributed by atoms with van der Waals surface area (Å²) in [5, 5.41) is 3.20. The van der Waals surface area contributed by atoms with Crippen LogP contribution in [0.1, 0.15) is 46.5 Å². The van der Waals surface area contributed by atoms with Gasteiger partial charge in [0.25, 0.3) is 0 Å². The number of nitrogens with zero attached hydrogens (tertiary/aromatic N) is 1. The van der Waals surface area contributed by atoms with Gasteiger partial charge in [-0.2, -0.15) is 0 Å². The first-order chi connectivity index (χ1) is 12.6. The van der Waals surface area contributed by atoms with Gasteiger partial charge < -0.3 is 25.3 Å². The van der Waals surface area contributed by atoms with Crippen molar-refractivity contribution in [3.63, 3.8) is 0 Å². The highest BCUT2D eigenvalue weighted by molar-refractivity contribution is 14.0. The number of hydrogen-bond acceptors (Lipinski definition) is 4. The second-order valence-corrected chi connectivity index (χ2v) is 6.99. The molecule has 0 aromatic heterocycles. The van der Waals surface area contributed by atoms with E-state index < -0.39 is 0 Å². The van der Waals surface area contributed by atoms with Crippen LogP contribution < -0.4 is 20.5 Å². The van der Waals surface area contributed by atoms with Crippen molar-refractivity contribution in [2.75, 3.05) is 25.1 Å². The lowest BCUT2D eigenvalue weighted by Gasteiger charge is -2.53. The topological polar surface area (TPSA) is 78.1 Å². The molecule has 7 heteroatoms. The SMILES string of the molecule is CCOC1CC(N=C(N)Nc2ccc3c(c2)OCCCO3)C1(CC)CC.I. The van der Waals surface area contributed by atoms with Gasteiger partial charge in [-0.05, 0) is 38.3 Å². The molecule has 2 unspecified atom stereocenters. The van der Waals surface area contributed by atoms with Crippen LogP contribution in [-0.4, -0.2) is 37.9 Å². The third-order valence-corrected chi connectivity index (χ3v) is 5.74. The Morgan fingerprint density at radius 1 is 1.22 bits per heavy atom. The van der Waals surface area contributed by atoms with Crippen LogP contribution in [0.3, 0.4) is 0 Å². The Kier molecular flexibility index (Phi) is 8.03. The van der Waals surface area contributed by atoms with Crippen molar-refractivity contribution in [3.05, 3.63) is 18.2 Å². The lowest BCUT2D eigenvalue weighted by atomic mass is 9.59. The maximum atomic E-state index is 6.20. The number of rotatable bonds is 6. The zero-order valence-corrected chi connectivity index (χ0v) is 18.8. The van der Waals surface area contributed by atoms with Gasteiger partial charge in [0.15, 0.2) is 17.5 Å². The highest BCUT2D eigenvalue weighted by Crippen LogP contribution is 2.50.